The van der Waals surface area contributed by atoms with Crippen molar-refractivity contribution in [1.29, 1.82) is 0 Å². The topological polar surface area (TPSA) is 140 Å². The lowest BCUT2D eigenvalue weighted by atomic mass is 10.0. The van der Waals surface area contributed by atoms with Crippen molar-refractivity contribution in [3.05, 3.63) is 78.0 Å². The molecule has 0 atom stereocenters. The molecule has 12 nitrogen and oxygen atoms in total. The summed E-state index contributed by atoms with van der Waals surface area (Å²) in [4.78, 5) is 30.3. The van der Waals surface area contributed by atoms with Crippen LogP contribution in [0.4, 0.5) is 37.7 Å². The molecule has 0 amide bonds. The first kappa shape index (κ1) is 30.9. The second kappa shape index (κ2) is 13.9. The number of aryl methyl sites for hydroxylation is 1. The van der Waals surface area contributed by atoms with Crippen LogP contribution in [0.2, 0.25) is 0 Å². The van der Waals surface area contributed by atoms with Gasteiger partial charge in [-0.2, -0.15) is 0 Å². The van der Waals surface area contributed by atoms with Crippen molar-refractivity contribution in [3.8, 4) is 11.4 Å². The molecular formula is C32H34F2N10O2. The first-order valence-electron chi connectivity index (χ1n) is 14.9. The Hall–Kier alpha value is -5.08. The zero-order valence-electron chi connectivity index (χ0n) is 25.6. The number of halogens is 2. The Bertz CT molecular complexity index is 1830. The molecule has 14 heteroatoms. The summed E-state index contributed by atoms with van der Waals surface area (Å²) in [6.45, 7) is 9.67. The number of pyridine rings is 2. The summed E-state index contributed by atoms with van der Waals surface area (Å²) in [6, 6.07) is 5.85. The summed E-state index contributed by atoms with van der Waals surface area (Å²) < 4.78 is 39.7. The van der Waals surface area contributed by atoms with E-state index in [9.17, 15) is 8.78 Å². The Morgan fingerprint density at radius 2 is 1.46 bits per heavy atom. The molecule has 0 unspecified atom stereocenters. The van der Waals surface area contributed by atoms with Gasteiger partial charge >= 0.3 is 0 Å². The fraction of sp³-hybridized carbons (Fsp3) is 0.312. The lowest BCUT2D eigenvalue weighted by Crippen LogP contribution is -2.36. The molecule has 1 aromatic carbocycles. The summed E-state index contributed by atoms with van der Waals surface area (Å²) in [7, 11) is 0. The van der Waals surface area contributed by atoms with E-state index < -0.39 is 11.6 Å². The fourth-order valence-electron chi connectivity index (χ4n) is 5.28. The number of nitrogen functional groups attached to an aromatic ring is 1. The monoisotopic (exact) mass is 628 g/mol. The molecule has 5 aromatic rings. The standard InChI is InChI=1S/C24H22F2N6O.C8H12N4O/c1-14-3-4-28-19(9-14)23-15(2)24(22-17(26)10-16(25)11-18(22)29-23)31-20-12-27-13-21(30-20)32-5-7-33-8-6-32;9-7-5-10-6-8(11-7)12-1-3-13-4-2-12/h3-4,9-13H,5-8H2,1-2H3,(H,29,30,31);5-6H,1-4H2,(H2,9,11). The largest absolute Gasteiger partial charge is 0.382 e. The minimum atomic E-state index is -0.704. The van der Waals surface area contributed by atoms with E-state index in [2.05, 4.69) is 45.0 Å². The smallest absolute Gasteiger partial charge is 0.151 e. The molecule has 7 rings (SSSR count). The molecule has 3 N–H and O–H groups in total. The minimum Gasteiger partial charge on any atom is -0.382 e. The molecule has 0 saturated carbocycles. The van der Waals surface area contributed by atoms with Crippen LogP contribution in [0.5, 0.6) is 0 Å². The van der Waals surface area contributed by atoms with Gasteiger partial charge in [0.1, 0.15) is 29.1 Å². The molecule has 0 spiro atoms. The number of nitrogens with zero attached hydrogens (tertiary/aromatic N) is 8. The van der Waals surface area contributed by atoms with Crippen LogP contribution in [0, 0.1) is 25.5 Å². The summed E-state index contributed by atoms with van der Waals surface area (Å²) >= 11 is 0. The number of fused-ring (bicyclic) bond motifs is 1. The summed E-state index contributed by atoms with van der Waals surface area (Å²) in [5.41, 5.74) is 9.01. The van der Waals surface area contributed by atoms with E-state index >= 15 is 0 Å². The van der Waals surface area contributed by atoms with Crippen LogP contribution in [-0.4, -0.2) is 82.5 Å². The molecule has 2 aliphatic heterocycles. The van der Waals surface area contributed by atoms with Gasteiger partial charge < -0.3 is 30.3 Å². The van der Waals surface area contributed by atoms with E-state index in [1.165, 1.54) is 6.07 Å². The number of hydrogen-bond donors (Lipinski definition) is 2. The molecule has 0 bridgehead atoms. The highest BCUT2D eigenvalue weighted by molar-refractivity contribution is 5.98. The summed E-state index contributed by atoms with van der Waals surface area (Å²) in [5, 5.41) is 3.40. The van der Waals surface area contributed by atoms with Crippen molar-refractivity contribution < 1.29 is 18.3 Å². The molecule has 46 heavy (non-hydrogen) atoms. The Balaban J connectivity index is 0.000000238. The Kier molecular flexibility index (Phi) is 9.36. The van der Waals surface area contributed by atoms with E-state index in [4.69, 9.17) is 15.2 Å². The van der Waals surface area contributed by atoms with Crippen molar-refractivity contribution >= 4 is 39.9 Å². The van der Waals surface area contributed by atoms with Crippen LogP contribution < -0.4 is 20.9 Å². The third-order valence-corrected chi connectivity index (χ3v) is 7.59. The second-order valence-electron chi connectivity index (χ2n) is 10.8. The van der Waals surface area contributed by atoms with Gasteiger partial charge in [0.25, 0.3) is 0 Å². The molecular weight excluding hydrogens is 594 g/mol. The molecule has 6 heterocycles. The van der Waals surface area contributed by atoms with Crippen molar-refractivity contribution in [3.63, 3.8) is 0 Å². The van der Waals surface area contributed by atoms with E-state index in [1.807, 2.05) is 26.0 Å². The average Bonchev–Trinajstić information content (AvgIpc) is 3.07. The maximum Gasteiger partial charge on any atom is 0.151 e. The van der Waals surface area contributed by atoms with Gasteiger partial charge in [-0.3, -0.25) is 15.0 Å². The SMILES string of the molecule is Cc1ccnc(-c2nc3cc(F)cc(F)c3c(Nc3cncc(N4CCOCC4)n3)c2C)c1.Nc1cncc(N2CCOCC2)n1. The molecule has 238 valence electrons. The van der Waals surface area contributed by atoms with E-state index in [0.29, 0.717) is 66.4 Å². The highest BCUT2D eigenvalue weighted by Gasteiger charge is 2.20. The van der Waals surface area contributed by atoms with Gasteiger partial charge in [-0.1, -0.05) is 0 Å². The minimum absolute atomic E-state index is 0.184. The van der Waals surface area contributed by atoms with Gasteiger partial charge in [0.05, 0.1) is 79.2 Å². The van der Waals surface area contributed by atoms with Crippen LogP contribution in [0.25, 0.3) is 22.3 Å². The van der Waals surface area contributed by atoms with Gasteiger partial charge in [-0.15, -0.1) is 0 Å². The number of ether oxygens (including phenoxy) is 2. The first-order chi connectivity index (χ1) is 22.4. The predicted molar refractivity (Wildman–Crippen MR) is 172 cm³/mol. The van der Waals surface area contributed by atoms with Crippen molar-refractivity contribution in [2.45, 2.75) is 13.8 Å². The molecule has 2 fully saturated rings. The molecule has 2 saturated heterocycles. The molecule has 0 radical (unpaired) electrons. The van der Waals surface area contributed by atoms with Crippen molar-refractivity contribution in [1.82, 2.24) is 29.9 Å². The quantitative estimate of drug-likeness (QED) is 0.284. The van der Waals surface area contributed by atoms with Crippen LogP contribution in [-0.2, 0) is 9.47 Å². The summed E-state index contributed by atoms with van der Waals surface area (Å²) in [6.07, 6.45) is 8.21. The van der Waals surface area contributed by atoms with Gasteiger partial charge in [0, 0.05) is 50.1 Å². The number of nitrogens with two attached hydrogens (primary N) is 1. The zero-order valence-corrected chi connectivity index (χ0v) is 25.6. The number of anilines is 5. The maximum atomic E-state index is 15.0. The normalized spacial score (nSPS) is 15.0. The third kappa shape index (κ3) is 7.08. The fourth-order valence-corrected chi connectivity index (χ4v) is 5.28. The van der Waals surface area contributed by atoms with Crippen LogP contribution in [0.1, 0.15) is 11.1 Å². The molecule has 0 aliphatic carbocycles. The predicted octanol–water partition coefficient (Wildman–Crippen LogP) is 4.46. The van der Waals surface area contributed by atoms with Gasteiger partial charge in [-0.25, -0.2) is 23.7 Å². The van der Waals surface area contributed by atoms with Gasteiger partial charge in [0.2, 0.25) is 0 Å². The van der Waals surface area contributed by atoms with Gasteiger partial charge in [-0.05, 0) is 31.5 Å². The Morgan fingerprint density at radius 1 is 0.804 bits per heavy atom. The molecule has 2 aliphatic rings. The lowest BCUT2D eigenvalue weighted by molar-refractivity contribution is 0.122. The number of hydrogen-bond acceptors (Lipinski definition) is 12. The number of benzene rings is 1. The van der Waals surface area contributed by atoms with Crippen LogP contribution >= 0.6 is 0 Å². The Labute approximate surface area is 264 Å². The number of aromatic nitrogens is 6. The van der Waals surface area contributed by atoms with E-state index in [1.54, 1.807) is 31.0 Å². The third-order valence-electron chi connectivity index (χ3n) is 7.59. The maximum absolute atomic E-state index is 15.0. The number of rotatable bonds is 5. The highest BCUT2D eigenvalue weighted by atomic mass is 19.1. The Morgan fingerprint density at radius 3 is 2.11 bits per heavy atom. The number of morpholine rings is 2. The van der Waals surface area contributed by atoms with E-state index in [0.717, 1.165) is 43.8 Å². The molecule has 4 aromatic heterocycles. The lowest BCUT2D eigenvalue weighted by Gasteiger charge is -2.27. The van der Waals surface area contributed by atoms with Crippen molar-refractivity contribution in [2.24, 2.45) is 0 Å². The zero-order chi connectivity index (χ0) is 32.0. The van der Waals surface area contributed by atoms with Crippen LogP contribution in [0.3, 0.4) is 0 Å². The van der Waals surface area contributed by atoms with Gasteiger partial charge in [0.15, 0.2) is 5.82 Å². The van der Waals surface area contributed by atoms with E-state index in [-0.39, 0.29) is 10.9 Å². The average molecular weight is 629 g/mol. The summed E-state index contributed by atoms with van der Waals surface area (Å²) in [5.74, 6) is 1.05. The van der Waals surface area contributed by atoms with Crippen LogP contribution in [0.15, 0.2) is 55.2 Å². The number of nitrogens with one attached hydrogen (secondary N) is 1. The highest BCUT2D eigenvalue weighted by Crippen LogP contribution is 2.36. The van der Waals surface area contributed by atoms with Crippen molar-refractivity contribution in [2.75, 3.05) is 73.5 Å². The second-order valence-corrected chi connectivity index (χ2v) is 10.8. The first-order valence-corrected chi connectivity index (χ1v) is 14.9.